The molecule has 0 saturated carbocycles. The van der Waals surface area contributed by atoms with Gasteiger partial charge >= 0.3 is 6.03 Å². The van der Waals surface area contributed by atoms with Crippen LogP contribution < -0.4 is 20.3 Å². The van der Waals surface area contributed by atoms with E-state index in [0.29, 0.717) is 36.5 Å². The van der Waals surface area contributed by atoms with Gasteiger partial charge in [-0.15, -0.1) is 0 Å². The van der Waals surface area contributed by atoms with Crippen molar-refractivity contribution in [2.75, 3.05) is 31.2 Å². The maximum atomic E-state index is 13.0. The van der Waals surface area contributed by atoms with Crippen LogP contribution in [0.4, 0.5) is 10.6 Å². The first-order chi connectivity index (χ1) is 18.9. The van der Waals surface area contributed by atoms with E-state index in [9.17, 15) is 14.7 Å². The first kappa shape index (κ1) is 25.2. The Hall–Kier alpha value is -4.09. The Morgan fingerprint density at radius 3 is 2.62 bits per heavy atom. The molecule has 1 atom stereocenters. The number of pyridine rings is 1. The Labute approximate surface area is 232 Å². The lowest BCUT2D eigenvalue weighted by Gasteiger charge is -2.28. The van der Waals surface area contributed by atoms with E-state index in [4.69, 9.17) is 9.47 Å². The third-order valence-electron chi connectivity index (χ3n) is 7.07. The van der Waals surface area contributed by atoms with E-state index in [1.54, 1.807) is 53.4 Å². The average molecular weight is 592 g/mol. The summed E-state index contributed by atoms with van der Waals surface area (Å²) in [4.78, 5) is 31.8. The number of amides is 3. The summed E-state index contributed by atoms with van der Waals surface area (Å²) in [6.07, 6.45) is 3.53. The summed E-state index contributed by atoms with van der Waals surface area (Å²) >= 11 is 3.40. The fourth-order valence-corrected chi connectivity index (χ4v) is 5.28. The number of halogens is 1. The number of fused-ring (bicyclic) bond motifs is 1. The fraction of sp³-hybridized carbons (Fsp3) is 0.250. The van der Waals surface area contributed by atoms with Gasteiger partial charge in [-0.3, -0.25) is 10.1 Å². The lowest BCUT2D eigenvalue weighted by molar-refractivity contribution is -0.124. The van der Waals surface area contributed by atoms with Gasteiger partial charge in [0.2, 0.25) is 0 Å². The van der Waals surface area contributed by atoms with Crippen LogP contribution in [0.3, 0.4) is 0 Å². The Kier molecular flexibility index (Phi) is 6.61. The van der Waals surface area contributed by atoms with Crippen molar-refractivity contribution in [3.05, 3.63) is 82.6 Å². The molecule has 0 spiro atoms. The second kappa shape index (κ2) is 10.2. The highest BCUT2D eigenvalue weighted by molar-refractivity contribution is 9.10. The van der Waals surface area contributed by atoms with Crippen LogP contribution in [0.2, 0.25) is 0 Å². The Morgan fingerprint density at radius 2 is 1.87 bits per heavy atom. The lowest BCUT2D eigenvalue weighted by atomic mass is 9.90. The largest absolute Gasteiger partial charge is 0.494 e. The van der Waals surface area contributed by atoms with E-state index < -0.39 is 17.5 Å². The number of hydrogen-bond donors (Lipinski definition) is 3. The average Bonchev–Trinajstić information content (AvgIpc) is 3.42. The predicted octanol–water partition coefficient (Wildman–Crippen LogP) is 3.65. The van der Waals surface area contributed by atoms with Gasteiger partial charge in [0.1, 0.15) is 18.2 Å². The number of anilines is 1. The van der Waals surface area contributed by atoms with E-state index in [1.165, 1.54) is 0 Å². The second-order valence-electron chi connectivity index (χ2n) is 9.56. The summed E-state index contributed by atoms with van der Waals surface area (Å²) in [6, 6.07) is 15.9. The maximum absolute atomic E-state index is 13.0. The highest BCUT2D eigenvalue weighted by atomic mass is 79.9. The van der Waals surface area contributed by atoms with Crippen LogP contribution in [0, 0.1) is 0 Å². The first-order valence-electron chi connectivity index (χ1n) is 12.5. The molecule has 0 unspecified atom stereocenters. The van der Waals surface area contributed by atoms with Crippen molar-refractivity contribution in [1.82, 2.24) is 20.2 Å². The van der Waals surface area contributed by atoms with Crippen LogP contribution in [0.1, 0.15) is 11.1 Å². The van der Waals surface area contributed by atoms with E-state index in [2.05, 4.69) is 36.4 Å². The van der Waals surface area contributed by atoms with Gasteiger partial charge in [-0.05, 0) is 53.6 Å². The number of rotatable bonds is 7. The molecule has 2 aromatic heterocycles. The summed E-state index contributed by atoms with van der Waals surface area (Å²) in [7, 11) is 0. The SMILES string of the molecule is O=C1NC(=O)[C@](Cn2cc3cc(OCc4ccnc(N5CCOCC5)c4)ccc3c2O)(c2ccc(Br)cc2)N1. The Balaban J connectivity index is 1.23. The van der Waals surface area contributed by atoms with Crippen LogP contribution in [0.15, 0.2) is 71.5 Å². The van der Waals surface area contributed by atoms with Crippen molar-refractivity contribution in [2.45, 2.75) is 18.7 Å². The van der Waals surface area contributed by atoms with Crippen LogP contribution in [0.25, 0.3) is 10.8 Å². The van der Waals surface area contributed by atoms with Crippen molar-refractivity contribution >= 4 is 44.5 Å². The highest BCUT2D eigenvalue weighted by Crippen LogP contribution is 2.35. The number of aromatic hydroxyl groups is 1. The van der Waals surface area contributed by atoms with Crippen molar-refractivity contribution in [3.8, 4) is 11.6 Å². The lowest BCUT2D eigenvalue weighted by Crippen LogP contribution is -2.47. The molecule has 4 aromatic rings. The minimum absolute atomic E-state index is 0.00421. The van der Waals surface area contributed by atoms with Crippen LogP contribution >= 0.6 is 15.9 Å². The van der Waals surface area contributed by atoms with E-state index in [0.717, 1.165) is 34.3 Å². The van der Waals surface area contributed by atoms with Crippen LogP contribution in [0.5, 0.6) is 11.6 Å². The molecule has 3 N–H and O–H groups in total. The summed E-state index contributed by atoms with van der Waals surface area (Å²) in [5, 5.41) is 17.5. The third kappa shape index (κ3) is 4.90. The molecule has 2 saturated heterocycles. The Bertz CT molecular complexity index is 1550. The zero-order valence-corrected chi connectivity index (χ0v) is 22.5. The van der Waals surface area contributed by atoms with Crippen molar-refractivity contribution in [1.29, 1.82) is 0 Å². The highest BCUT2D eigenvalue weighted by Gasteiger charge is 2.48. The number of benzene rings is 2. The summed E-state index contributed by atoms with van der Waals surface area (Å²) in [5.41, 5.74) is 0.221. The number of hydrogen-bond acceptors (Lipinski definition) is 7. The minimum Gasteiger partial charge on any atom is -0.494 e. The second-order valence-corrected chi connectivity index (χ2v) is 10.5. The molecule has 0 radical (unpaired) electrons. The van der Waals surface area contributed by atoms with Gasteiger partial charge in [0, 0.05) is 40.7 Å². The number of aromatic nitrogens is 2. The van der Waals surface area contributed by atoms with Crippen LogP contribution in [-0.4, -0.2) is 52.9 Å². The summed E-state index contributed by atoms with van der Waals surface area (Å²) < 4.78 is 13.9. The van der Waals surface area contributed by atoms with E-state index in [-0.39, 0.29) is 12.4 Å². The molecule has 6 rings (SSSR count). The zero-order valence-electron chi connectivity index (χ0n) is 20.9. The molecule has 2 aromatic carbocycles. The number of ether oxygens (including phenoxy) is 2. The minimum atomic E-state index is -1.37. The molecule has 3 amide bonds. The molecule has 11 heteroatoms. The molecule has 200 valence electrons. The summed E-state index contributed by atoms with van der Waals surface area (Å²) in [6.45, 7) is 3.36. The number of imide groups is 1. The van der Waals surface area contributed by atoms with Gasteiger partial charge in [-0.2, -0.15) is 0 Å². The Morgan fingerprint density at radius 1 is 1.08 bits per heavy atom. The van der Waals surface area contributed by atoms with Gasteiger partial charge in [-0.1, -0.05) is 28.1 Å². The van der Waals surface area contributed by atoms with Gasteiger partial charge < -0.3 is 29.4 Å². The standard InChI is InChI=1S/C28H26BrN5O5/c29-21-3-1-20(2-4-21)28(26(36)31-27(37)32-28)17-34-15-19-14-22(5-6-23(19)25(34)35)39-16-18-7-8-30-24(13-18)33-9-11-38-12-10-33/h1-8,13-15,35H,9-12,16-17H2,(H2,31,32,36,37)/t28-/m0/s1. The maximum Gasteiger partial charge on any atom is 0.322 e. The number of morpholine rings is 1. The zero-order chi connectivity index (χ0) is 27.0. The van der Waals surface area contributed by atoms with Gasteiger partial charge in [-0.25, -0.2) is 9.78 Å². The quantitative estimate of drug-likeness (QED) is 0.281. The molecule has 2 aliphatic heterocycles. The van der Waals surface area contributed by atoms with Crippen molar-refractivity contribution < 1.29 is 24.2 Å². The molecular weight excluding hydrogens is 566 g/mol. The topological polar surface area (TPSA) is 118 Å². The molecule has 10 nitrogen and oxygen atoms in total. The number of carbonyl (C=O) groups is 2. The molecule has 0 aliphatic carbocycles. The number of urea groups is 1. The van der Waals surface area contributed by atoms with E-state index >= 15 is 0 Å². The molecular formula is C28H26BrN5O5. The summed E-state index contributed by atoms with van der Waals surface area (Å²) in [5.74, 6) is 1.05. The van der Waals surface area contributed by atoms with Crippen molar-refractivity contribution in [3.63, 3.8) is 0 Å². The number of nitrogens with zero attached hydrogens (tertiary/aromatic N) is 3. The molecule has 2 fully saturated rings. The van der Waals surface area contributed by atoms with Gasteiger partial charge in [0.25, 0.3) is 5.91 Å². The number of carbonyl (C=O) groups excluding carboxylic acids is 2. The van der Waals surface area contributed by atoms with E-state index in [1.807, 2.05) is 18.2 Å². The van der Waals surface area contributed by atoms with Crippen molar-refractivity contribution in [2.24, 2.45) is 0 Å². The predicted molar refractivity (Wildman–Crippen MR) is 148 cm³/mol. The smallest absolute Gasteiger partial charge is 0.322 e. The monoisotopic (exact) mass is 591 g/mol. The van der Waals surface area contributed by atoms with Gasteiger partial charge in [0.05, 0.1) is 19.8 Å². The first-order valence-corrected chi connectivity index (χ1v) is 13.3. The molecule has 39 heavy (non-hydrogen) atoms. The van der Waals surface area contributed by atoms with Crippen LogP contribution in [-0.2, 0) is 28.2 Å². The van der Waals surface area contributed by atoms with Gasteiger partial charge in [0.15, 0.2) is 11.4 Å². The number of nitrogens with one attached hydrogen (secondary N) is 2. The fourth-order valence-electron chi connectivity index (χ4n) is 5.02. The molecule has 2 aliphatic rings. The normalized spacial score (nSPS) is 19.3. The third-order valence-corrected chi connectivity index (χ3v) is 7.60. The molecule has 4 heterocycles. The molecule has 0 bridgehead atoms.